The zero-order valence-corrected chi connectivity index (χ0v) is 10.2. The van der Waals surface area contributed by atoms with Crippen molar-refractivity contribution in [3.63, 3.8) is 0 Å². The second-order valence-corrected chi connectivity index (χ2v) is 4.10. The van der Waals surface area contributed by atoms with Crippen molar-refractivity contribution >= 4 is 5.91 Å². The summed E-state index contributed by atoms with van der Waals surface area (Å²) in [5, 5.41) is 0. The number of nitrogens with two attached hydrogens (primary N) is 1. The van der Waals surface area contributed by atoms with Crippen LogP contribution in [0.1, 0.15) is 31.3 Å². The maximum Gasteiger partial charge on any atom is 0.239 e. The maximum absolute atomic E-state index is 11.8. The van der Waals surface area contributed by atoms with Crippen molar-refractivity contribution in [3.8, 4) is 0 Å². The molecule has 4 nitrogen and oxygen atoms in total. The van der Waals surface area contributed by atoms with Crippen molar-refractivity contribution in [3.05, 3.63) is 23.7 Å². The summed E-state index contributed by atoms with van der Waals surface area (Å²) >= 11 is 0. The molecule has 1 aromatic rings. The van der Waals surface area contributed by atoms with Gasteiger partial charge in [-0.2, -0.15) is 0 Å². The fourth-order valence-electron chi connectivity index (χ4n) is 1.60. The second kappa shape index (κ2) is 5.70. The van der Waals surface area contributed by atoms with E-state index in [2.05, 4.69) is 0 Å². The summed E-state index contributed by atoms with van der Waals surface area (Å²) in [5.41, 5.74) is 5.77. The Hall–Kier alpha value is -1.29. The summed E-state index contributed by atoms with van der Waals surface area (Å²) in [6.45, 7) is 4.38. The maximum atomic E-state index is 11.8. The SMILES string of the molecule is CCC[C@@H](N)C(=O)N(C)Cc1ccc(C)o1. The van der Waals surface area contributed by atoms with Gasteiger partial charge in [0.1, 0.15) is 11.5 Å². The first kappa shape index (κ1) is 12.8. The largest absolute Gasteiger partial charge is 0.464 e. The number of amides is 1. The molecule has 1 aromatic heterocycles. The van der Waals surface area contributed by atoms with Crippen molar-refractivity contribution in [1.82, 2.24) is 4.90 Å². The van der Waals surface area contributed by atoms with Gasteiger partial charge >= 0.3 is 0 Å². The van der Waals surface area contributed by atoms with Crippen molar-refractivity contribution in [2.45, 2.75) is 39.3 Å². The number of likely N-dealkylation sites (N-methyl/N-ethyl adjacent to an activating group) is 1. The molecule has 0 spiro atoms. The molecule has 16 heavy (non-hydrogen) atoms. The van der Waals surface area contributed by atoms with Gasteiger partial charge in [-0.05, 0) is 25.5 Å². The van der Waals surface area contributed by atoms with Gasteiger partial charge in [-0.15, -0.1) is 0 Å². The molecule has 1 heterocycles. The highest BCUT2D eigenvalue weighted by atomic mass is 16.3. The Morgan fingerprint density at radius 2 is 2.25 bits per heavy atom. The molecule has 0 aliphatic carbocycles. The summed E-state index contributed by atoms with van der Waals surface area (Å²) < 4.78 is 5.41. The molecule has 0 saturated heterocycles. The van der Waals surface area contributed by atoms with Gasteiger partial charge in [0.15, 0.2) is 0 Å². The Labute approximate surface area is 96.4 Å². The Balaban J connectivity index is 2.51. The number of hydrogen-bond donors (Lipinski definition) is 1. The summed E-state index contributed by atoms with van der Waals surface area (Å²) in [6.07, 6.45) is 1.64. The smallest absolute Gasteiger partial charge is 0.239 e. The van der Waals surface area contributed by atoms with Crippen molar-refractivity contribution < 1.29 is 9.21 Å². The van der Waals surface area contributed by atoms with Crippen molar-refractivity contribution in [1.29, 1.82) is 0 Å². The van der Waals surface area contributed by atoms with Crippen LogP contribution in [0.15, 0.2) is 16.5 Å². The Bertz CT molecular complexity index is 347. The van der Waals surface area contributed by atoms with Crippen LogP contribution in [0.3, 0.4) is 0 Å². The molecule has 1 rings (SSSR count). The minimum absolute atomic E-state index is 0.0316. The van der Waals surface area contributed by atoms with E-state index in [0.29, 0.717) is 6.54 Å². The third kappa shape index (κ3) is 3.38. The molecule has 0 aromatic carbocycles. The highest BCUT2D eigenvalue weighted by Gasteiger charge is 2.17. The van der Waals surface area contributed by atoms with E-state index in [-0.39, 0.29) is 5.91 Å². The van der Waals surface area contributed by atoms with E-state index in [1.807, 2.05) is 26.0 Å². The summed E-state index contributed by atoms with van der Waals surface area (Å²) in [6, 6.07) is 3.37. The number of hydrogen-bond acceptors (Lipinski definition) is 3. The van der Waals surface area contributed by atoms with E-state index in [4.69, 9.17) is 10.2 Å². The molecule has 90 valence electrons. The predicted molar refractivity (Wildman–Crippen MR) is 62.8 cm³/mol. The number of carbonyl (C=O) groups excluding carboxylic acids is 1. The van der Waals surface area contributed by atoms with Gasteiger partial charge in [-0.1, -0.05) is 13.3 Å². The number of nitrogens with zero attached hydrogens (tertiary/aromatic N) is 1. The summed E-state index contributed by atoms with van der Waals surface area (Å²) in [4.78, 5) is 13.4. The molecular formula is C12H20N2O2. The Morgan fingerprint density at radius 3 is 2.75 bits per heavy atom. The zero-order valence-electron chi connectivity index (χ0n) is 10.2. The third-order valence-corrected chi connectivity index (χ3v) is 2.48. The average molecular weight is 224 g/mol. The van der Waals surface area contributed by atoms with Crippen LogP contribution in [-0.4, -0.2) is 23.9 Å². The van der Waals surface area contributed by atoms with Gasteiger partial charge in [0.25, 0.3) is 0 Å². The van der Waals surface area contributed by atoms with Crippen LogP contribution in [-0.2, 0) is 11.3 Å². The molecular weight excluding hydrogens is 204 g/mol. The summed E-state index contributed by atoms with van der Waals surface area (Å²) in [7, 11) is 1.75. The number of carbonyl (C=O) groups is 1. The quantitative estimate of drug-likeness (QED) is 0.827. The zero-order chi connectivity index (χ0) is 12.1. The fraction of sp³-hybridized carbons (Fsp3) is 0.583. The lowest BCUT2D eigenvalue weighted by Crippen LogP contribution is -2.41. The van der Waals surface area contributed by atoms with E-state index >= 15 is 0 Å². The first-order chi connectivity index (χ1) is 7.54. The average Bonchev–Trinajstić information content (AvgIpc) is 2.63. The van der Waals surface area contributed by atoms with Gasteiger partial charge in [-0.3, -0.25) is 4.79 Å². The summed E-state index contributed by atoms with van der Waals surface area (Å²) in [5.74, 6) is 1.61. The fourth-order valence-corrected chi connectivity index (χ4v) is 1.60. The first-order valence-electron chi connectivity index (χ1n) is 5.60. The van der Waals surface area contributed by atoms with E-state index in [0.717, 1.165) is 24.4 Å². The molecule has 0 aliphatic rings. The highest BCUT2D eigenvalue weighted by molar-refractivity contribution is 5.81. The Morgan fingerprint density at radius 1 is 1.56 bits per heavy atom. The monoisotopic (exact) mass is 224 g/mol. The van der Waals surface area contributed by atoms with Crippen LogP contribution in [0.4, 0.5) is 0 Å². The molecule has 2 N–H and O–H groups in total. The van der Waals surface area contributed by atoms with Crippen molar-refractivity contribution in [2.24, 2.45) is 5.73 Å². The highest BCUT2D eigenvalue weighted by Crippen LogP contribution is 2.09. The minimum Gasteiger partial charge on any atom is -0.464 e. The topological polar surface area (TPSA) is 59.5 Å². The number of aryl methyl sites for hydroxylation is 1. The minimum atomic E-state index is -0.397. The molecule has 0 saturated carbocycles. The standard InChI is InChI=1S/C12H20N2O2/c1-4-5-11(13)12(15)14(3)8-10-7-6-9(2)16-10/h6-7,11H,4-5,8,13H2,1-3H3/t11-/m1/s1. The van der Waals surface area contributed by atoms with E-state index < -0.39 is 6.04 Å². The first-order valence-corrected chi connectivity index (χ1v) is 5.60. The van der Waals surface area contributed by atoms with E-state index in [1.165, 1.54) is 0 Å². The van der Waals surface area contributed by atoms with Crippen LogP contribution in [0.25, 0.3) is 0 Å². The van der Waals surface area contributed by atoms with Crippen LogP contribution in [0, 0.1) is 6.92 Å². The molecule has 0 radical (unpaired) electrons. The predicted octanol–water partition coefficient (Wildman–Crippen LogP) is 1.67. The lowest BCUT2D eigenvalue weighted by molar-refractivity contribution is -0.132. The lowest BCUT2D eigenvalue weighted by Gasteiger charge is -2.19. The number of furan rings is 1. The van der Waals surface area contributed by atoms with Gasteiger partial charge in [0.2, 0.25) is 5.91 Å². The van der Waals surface area contributed by atoms with E-state index in [9.17, 15) is 4.79 Å². The van der Waals surface area contributed by atoms with E-state index in [1.54, 1.807) is 11.9 Å². The van der Waals surface area contributed by atoms with Gasteiger partial charge < -0.3 is 15.1 Å². The molecule has 1 atom stereocenters. The third-order valence-electron chi connectivity index (χ3n) is 2.48. The molecule has 0 aliphatic heterocycles. The van der Waals surface area contributed by atoms with Crippen LogP contribution in [0.5, 0.6) is 0 Å². The molecule has 0 fully saturated rings. The van der Waals surface area contributed by atoms with Crippen molar-refractivity contribution in [2.75, 3.05) is 7.05 Å². The Kier molecular flexibility index (Phi) is 4.55. The molecule has 0 unspecified atom stereocenters. The normalized spacial score (nSPS) is 12.5. The van der Waals surface area contributed by atoms with Crippen LogP contribution < -0.4 is 5.73 Å². The van der Waals surface area contributed by atoms with Gasteiger partial charge in [-0.25, -0.2) is 0 Å². The van der Waals surface area contributed by atoms with Gasteiger partial charge in [0.05, 0.1) is 12.6 Å². The number of rotatable bonds is 5. The molecule has 4 heteroatoms. The molecule has 1 amide bonds. The second-order valence-electron chi connectivity index (χ2n) is 4.10. The van der Waals surface area contributed by atoms with Crippen LogP contribution >= 0.6 is 0 Å². The lowest BCUT2D eigenvalue weighted by atomic mass is 10.1. The van der Waals surface area contributed by atoms with Crippen LogP contribution in [0.2, 0.25) is 0 Å². The van der Waals surface area contributed by atoms with Gasteiger partial charge in [0, 0.05) is 7.05 Å². The molecule has 0 bridgehead atoms.